The Hall–Kier alpha value is -2.70. The first kappa shape index (κ1) is 14.9. The predicted molar refractivity (Wildman–Crippen MR) is 95.7 cm³/mol. The highest BCUT2D eigenvalue weighted by molar-refractivity contribution is 7.12. The van der Waals surface area contributed by atoms with E-state index in [4.69, 9.17) is 11.6 Å². The largest absolute Gasteiger partial charge is 0.304 e. The maximum Gasteiger partial charge on any atom is 0.266 e. The van der Waals surface area contributed by atoms with Gasteiger partial charge in [-0.15, -0.1) is 11.3 Å². The zero-order chi connectivity index (χ0) is 16.5. The van der Waals surface area contributed by atoms with Crippen molar-refractivity contribution < 1.29 is 4.79 Å². The van der Waals surface area contributed by atoms with Gasteiger partial charge in [-0.25, -0.2) is 4.98 Å². The van der Waals surface area contributed by atoms with E-state index >= 15 is 0 Å². The van der Waals surface area contributed by atoms with Gasteiger partial charge in [0.05, 0.1) is 4.88 Å². The highest BCUT2D eigenvalue weighted by Gasteiger charge is 2.18. The van der Waals surface area contributed by atoms with Gasteiger partial charge < -0.3 is 5.32 Å². The van der Waals surface area contributed by atoms with Crippen molar-refractivity contribution >= 4 is 40.3 Å². The topological polar surface area (TPSA) is 59.3 Å². The van der Waals surface area contributed by atoms with E-state index in [2.05, 4.69) is 15.4 Å². The number of nitrogens with one attached hydrogen (secondary N) is 1. The monoisotopic (exact) mass is 354 g/mol. The highest BCUT2D eigenvalue weighted by atomic mass is 35.5. The molecule has 118 valence electrons. The Morgan fingerprint density at radius 3 is 2.67 bits per heavy atom. The molecule has 4 rings (SSSR count). The second kappa shape index (κ2) is 6.07. The summed E-state index contributed by atoms with van der Waals surface area (Å²) in [6.45, 7) is 0. The van der Waals surface area contributed by atoms with Crippen LogP contribution < -0.4 is 5.32 Å². The molecule has 0 saturated carbocycles. The molecule has 0 saturated heterocycles. The average molecular weight is 355 g/mol. The number of thiophene rings is 1. The van der Waals surface area contributed by atoms with Gasteiger partial charge in [-0.2, -0.15) is 9.61 Å². The zero-order valence-electron chi connectivity index (χ0n) is 12.3. The second-order valence-corrected chi connectivity index (χ2v) is 6.37. The van der Waals surface area contributed by atoms with Crippen LogP contribution in [-0.4, -0.2) is 20.5 Å². The third kappa shape index (κ3) is 2.66. The van der Waals surface area contributed by atoms with Gasteiger partial charge in [0.25, 0.3) is 5.91 Å². The van der Waals surface area contributed by atoms with Crippen LogP contribution in [0.3, 0.4) is 0 Å². The third-order valence-electron chi connectivity index (χ3n) is 3.47. The summed E-state index contributed by atoms with van der Waals surface area (Å²) in [5, 5.41) is 9.36. The summed E-state index contributed by atoms with van der Waals surface area (Å²) in [5.41, 5.74) is 2.15. The number of anilines is 1. The predicted octanol–water partition coefficient (Wildman–Crippen LogP) is 4.36. The summed E-state index contributed by atoms with van der Waals surface area (Å²) in [5.74, 6) is 0.294. The molecule has 7 heteroatoms. The lowest BCUT2D eigenvalue weighted by Crippen LogP contribution is -2.13. The minimum absolute atomic E-state index is 0.203. The number of fused-ring (bicyclic) bond motifs is 1. The summed E-state index contributed by atoms with van der Waals surface area (Å²) >= 11 is 7.39. The van der Waals surface area contributed by atoms with Crippen molar-refractivity contribution in [2.45, 2.75) is 0 Å². The van der Waals surface area contributed by atoms with Crippen molar-refractivity contribution in [3.63, 3.8) is 0 Å². The normalized spacial score (nSPS) is 10.9. The van der Waals surface area contributed by atoms with Gasteiger partial charge >= 0.3 is 0 Å². The fourth-order valence-corrected chi connectivity index (χ4v) is 3.15. The van der Waals surface area contributed by atoms with Gasteiger partial charge in [-0.1, -0.05) is 48.0 Å². The molecule has 4 aromatic rings. The molecule has 0 aliphatic rings. The SMILES string of the molecule is O=C(Nc1c(-c2ccccc2)nc2ccc(Cl)nn12)c1cccs1. The molecule has 0 bridgehead atoms. The first-order valence-electron chi connectivity index (χ1n) is 7.18. The van der Waals surface area contributed by atoms with Crippen LogP contribution in [0, 0.1) is 0 Å². The molecule has 1 amide bonds. The van der Waals surface area contributed by atoms with Crippen LogP contribution in [0.2, 0.25) is 5.15 Å². The maximum absolute atomic E-state index is 12.5. The number of benzene rings is 1. The molecule has 1 N–H and O–H groups in total. The van der Waals surface area contributed by atoms with E-state index in [1.54, 1.807) is 22.7 Å². The van der Waals surface area contributed by atoms with E-state index in [9.17, 15) is 4.79 Å². The minimum Gasteiger partial charge on any atom is -0.304 e. The number of amides is 1. The van der Waals surface area contributed by atoms with E-state index in [1.807, 2.05) is 41.8 Å². The molecular formula is C17H11ClN4OS. The van der Waals surface area contributed by atoms with Gasteiger partial charge in [0.1, 0.15) is 10.8 Å². The molecule has 3 aromatic heterocycles. The molecule has 0 atom stereocenters. The fourth-order valence-electron chi connectivity index (χ4n) is 2.40. The van der Waals surface area contributed by atoms with Gasteiger partial charge in [0.2, 0.25) is 0 Å². The number of hydrogen-bond acceptors (Lipinski definition) is 4. The molecule has 0 aliphatic carbocycles. The Kier molecular flexibility index (Phi) is 3.76. The lowest BCUT2D eigenvalue weighted by molar-refractivity contribution is 0.103. The third-order valence-corrected chi connectivity index (χ3v) is 4.54. The van der Waals surface area contributed by atoms with Crippen molar-refractivity contribution in [3.8, 4) is 11.3 Å². The standard InChI is InChI=1S/C17H11ClN4OS/c18-13-8-9-14-19-15(11-5-2-1-3-6-11)16(22(14)21-13)20-17(23)12-7-4-10-24-12/h1-10H,(H,20,23). The highest BCUT2D eigenvalue weighted by Crippen LogP contribution is 2.29. The van der Waals surface area contributed by atoms with Crippen molar-refractivity contribution in [2.24, 2.45) is 0 Å². The smallest absolute Gasteiger partial charge is 0.266 e. The number of hydrogen-bond donors (Lipinski definition) is 1. The van der Waals surface area contributed by atoms with E-state index in [-0.39, 0.29) is 5.91 Å². The Balaban J connectivity index is 1.87. The van der Waals surface area contributed by atoms with Crippen LogP contribution in [0.1, 0.15) is 9.67 Å². The summed E-state index contributed by atoms with van der Waals surface area (Å²) in [6, 6.07) is 16.7. The number of imidazole rings is 1. The zero-order valence-corrected chi connectivity index (χ0v) is 13.9. The first-order valence-corrected chi connectivity index (χ1v) is 8.44. The molecule has 0 spiro atoms. The number of aromatic nitrogens is 3. The van der Waals surface area contributed by atoms with E-state index < -0.39 is 0 Å². The van der Waals surface area contributed by atoms with Gasteiger partial charge in [-0.05, 0) is 23.6 Å². The molecule has 1 aromatic carbocycles. The summed E-state index contributed by atoms with van der Waals surface area (Å²) in [7, 11) is 0. The lowest BCUT2D eigenvalue weighted by Gasteiger charge is -2.06. The van der Waals surface area contributed by atoms with Crippen LogP contribution >= 0.6 is 22.9 Å². The Morgan fingerprint density at radius 2 is 1.92 bits per heavy atom. The van der Waals surface area contributed by atoms with Crippen LogP contribution in [-0.2, 0) is 0 Å². The van der Waals surface area contributed by atoms with Crippen LogP contribution in [0.5, 0.6) is 0 Å². The molecule has 5 nitrogen and oxygen atoms in total. The Bertz CT molecular complexity index is 1010. The minimum atomic E-state index is -0.203. The molecule has 0 radical (unpaired) electrons. The molecule has 0 aliphatic heterocycles. The van der Waals surface area contributed by atoms with Crippen molar-refractivity contribution in [1.82, 2.24) is 14.6 Å². The van der Waals surface area contributed by atoms with Crippen LogP contribution in [0.4, 0.5) is 5.82 Å². The number of nitrogens with zero attached hydrogens (tertiary/aromatic N) is 3. The number of halogens is 1. The molecule has 0 fully saturated rings. The summed E-state index contributed by atoms with van der Waals surface area (Å²) < 4.78 is 1.55. The van der Waals surface area contributed by atoms with E-state index in [0.717, 1.165) is 5.56 Å². The fraction of sp³-hybridized carbons (Fsp3) is 0. The Labute approximate surface area is 146 Å². The molecular weight excluding hydrogens is 344 g/mol. The summed E-state index contributed by atoms with van der Waals surface area (Å²) in [4.78, 5) is 17.7. The number of carbonyl (C=O) groups excluding carboxylic acids is 1. The van der Waals surface area contributed by atoms with Gasteiger partial charge in [0, 0.05) is 5.56 Å². The van der Waals surface area contributed by atoms with E-state index in [1.165, 1.54) is 11.3 Å². The number of rotatable bonds is 3. The quantitative estimate of drug-likeness (QED) is 0.594. The second-order valence-electron chi connectivity index (χ2n) is 5.03. The van der Waals surface area contributed by atoms with Crippen molar-refractivity contribution in [2.75, 3.05) is 5.32 Å². The van der Waals surface area contributed by atoms with Gasteiger partial charge in [0.15, 0.2) is 11.5 Å². The van der Waals surface area contributed by atoms with Crippen LogP contribution in [0.25, 0.3) is 16.9 Å². The Morgan fingerprint density at radius 1 is 1.08 bits per heavy atom. The first-order chi connectivity index (χ1) is 11.7. The maximum atomic E-state index is 12.5. The van der Waals surface area contributed by atoms with Crippen molar-refractivity contribution in [3.05, 3.63) is 70.0 Å². The molecule has 24 heavy (non-hydrogen) atoms. The number of carbonyl (C=O) groups is 1. The summed E-state index contributed by atoms with van der Waals surface area (Å²) in [6.07, 6.45) is 0. The van der Waals surface area contributed by atoms with E-state index in [0.29, 0.717) is 27.2 Å². The molecule has 0 unspecified atom stereocenters. The lowest BCUT2D eigenvalue weighted by atomic mass is 10.1. The van der Waals surface area contributed by atoms with Crippen molar-refractivity contribution in [1.29, 1.82) is 0 Å². The van der Waals surface area contributed by atoms with Crippen LogP contribution in [0.15, 0.2) is 60.0 Å². The molecule has 3 heterocycles. The van der Waals surface area contributed by atoms with Gasteiger partial charge in [-0.3, -0.25) is 4.79 Å². The average Bonchev–Trinajstić information content (AvgIpc) is 3.24.